The smallest absolute Gasteiger partial charge is 0.225 e. The van der Waals surface area contributed by atoms with Gasteiger partial charge in [-0.2, -0.15) is 5.10 Å². The second-order valence-electron chi connectivity index (χ2n) is 3.48. The lowest BCUT2D eigenvalue weighted by Crippen LogP contribution is -2.11. The van der Waals surface area contributed by atoms with E-state index in [0.717, 1.165) is 5.69 Å². The summed E-state index contributed by atoms with van der Waals surface area (Å²) in [6.07, 6.45) is 5.17. The van der Waals surface area contributed by atoms with E-state index in [0.29, 0.717) is 5.69 Å². The van der Waals surface area contributed by atoms with Crippen LogP contribution in [0.15, 0.2) is 30.7 Å². The van der Waals surface area contributed by atoms with Crippen LogP contribution in [0.5, 0.6) is 0 Å². The highest BCUT2D eigenvalue weighted by molar-refractivity contribution is 6.32. The molecule has 0 fully saturated rings. The topological polar surface area (TPSA) is 59.8 Å². The maximum atomic E-state index is 11.4. The highest BCUT2D eigenvalue weighted by Gasteiger charge is 2.10. The molecule has 5 nitrogen and oxygen atoms in total. The highest BCUT2D eigenvalue weighted by atomic mass is 35.5. The lowest BCUT2D eigenvalue weighted by molar-refractivity contribution is -0.115. The van der Waals surface area contributed by atoms with Crippen LogP contribution in [-0.4, -0.2) is 26.6 Å². The molecule has 0 unspecified atom stereocenters. The highest BCUT2D eigenvalue weighted by Crippen LogP contribution is 2.21. The van der Waals surface area contributed by atoms with Crippen LogP contribution < -0.4 is 5.32 Å². The van der Waals surface area contributed by atoms with E-state index in [1.807, 2.05) is 6.07 Å². The summed E-state index contributed by atoms with van der Waals surface area (Å²) >= 11 is 11.4. The first-order valence-electron chi connectivity index (χ1n) is 5.22. The van der Waals surface area contributed by atoms with Crippen molar-refractivity contribution >= 4 is 34.8 Å². The van der Waals surface area contributed by atoms with Crippen molar-refractivity contribution in [3.05, 3.63) is 35.9 Å². The average molecular weight is 285 g/mol. The number of aromatic nitrogens is 3. The van der Waals surface area contributed by atoms with Gasteiger partial charge >= 0.3 is 0 Å². The molecule has 0 aliphatic carbocycles. The Hall–Kier alpha value is -1.59. The summed E-state index contributed by atoms with van der Waals surface area (Å²) in [5.74, 6) is 0.0674. The molecule has 2 aromatic rings. The van der Waals surface area contributed by atoms with Gasteiger partial charge in [0.05, 0.1) is 23.8 Å². The van der Waals surface area contributed by atoms with Gasteiger partial charge in [0.2, 0.25) is 5.91 Å². The number of amides is 1. The van der Waals surface area contributed by atoms with E-state index in [4.69, 9.17) is 23.2 Å². The molecule has 1 amide bonds. The van der Waals surface area contributed by atoms with E-state index in [9.17, 15) is 4.79 Å². The van der Waals surface area contributed by atoms with Crippen LogP contribution >= 0.6 is 23.2 Å². The Labute approximate surface area is 114 Å². The Morgan fingerprint density at radius 1 is 1.50 bits per heavy atom. The van der Waals surface area contributed by atoms with Crippen molar-refractivity contribution in [1.82, 2.24) is 14.8 Å². The molecule has 2 aromatic heterocycles. The molecule has 0 radical (unpaired) electrons. The molecule has 0 saturated heterocycles. The van der Waals surface area contributed by atoms with Crippen LogP contribution in [0, 0.1) is 0 Å². The molecule has 7 heteroatoms. The fourth-order valence-electron chi connectivity index (χ4n) is 1.36. The lowest BCUT2D eigenvalue weighted by Gasteiger charge is -2.00. The van der Waals surface area contributed by atoms with Gasteiger partial charge in [0.25, 0.3) is 0 Å². The van der Waals surface area contributed by atoms with E-state index >= 15 is 0 Å². The number of carbonyl (C=O) groups is 1. The second kappa shape index (κ2) is 5.84. The number of rotatable bonds is 4. The fraction of sp³-hybridized carbons (Fsp3) is 0.182. The summed E-state index contributed by atoms with van der Waals surface area (Å²) in [6, 6.07) is 3.62. The molecule has 1 N–H and O–H groups in total. The molecule has 0 atom stereocenters. The Balaban J connectivity index is 2.20. The zero-order valence-corrected chi connectivity index (χ0v) is 10.8. The van der Waals surface area contributed by atoms with Crippen molar-refractivity contribution in [3.8, 4) is 5.69 Å². The number of hydrogen-bond donors (Lipinski definition) is 1. The predicted octanol–water partition coefficient (Wildman–Crippen LogP) is 2.49. The molecule has 0 spiro atoms. The summed E-state index contributed by atoms with van der Waals surface area (Å²) in [4.78, 5) is 15.4. The van der Waals surface area contributed by atoms with Crippen molar-refractivity contribution in [2.45, 2.75) is 6.42 Å². The Bertz CT molecular complexity index is 541. The van der Waals surface area contributed by atoms with Crippen LogP contribution in [-0.2, 0) is 4.79 Å². The van der Waals surface area contributed by atoms with Crippen LogP contribution in [0.25, 0.3) is 5.69 Å². The molecule has 94 valence electrons. The van der Waals surface area contributed by atoms with E-state index in [1.165, 1.54) is 0 Å². The zero-order valence-electron chi connectivity index (χ0n) is 9.31. The molecule has 18 heavy (non-hydrogen) atoms. The number of nitrogens with zero attached hydrogens (tertiary/aromatic N) is 3. The molecule has 2 rings (SSSR count). The number of halogens is 2. The largest absolute Gasteiger partial charge is 0.322 e. The molecule has 0 aliphatic rings. The first kappa shape index (κ1) is 12.9. The van der Waals surface area contributed by atoms with Gasteiger partial charge in [0, 0.05) is 18.5 Å². The van der Waals surface area contributed by atoms with Crippen molar-refractivity contribution in [1.29, 1.82) is 0 Å². The van der Waals surface area contributed by atoms with Gasteiger partial charge in [0.1, 0.15) is 0 Å². The first-order chi connectivity index (χ1) is 8.70. The van der Waals surface area contributed by atoms with Gasteiger partial charge in [-0.3, -0.25) is 9.78 Å². The first-order valence-corrected chi connectivity index (χ1v) is 6.13. The normalized spacial score (nSPS) is 10.3. The predicted molar refractivity (Wildman–Crippen MR) is 70.3 cm³/mol. The molecular weight excluding hydrogens is 275 g/mol. The Morgan fingerprint density at radius 2 is 2.33 bits per heavy atom. The van der Waals surface area contributed by atoms with Gasteiger partial charge in [-0.25, -0.2) is 4.68 Å². The maximum Gasteiger partial charge on any atom is 0.225 e. The van der Waals surface area contributed by atoms with E-state index in [2.05, 4.69) is 15.4 Å². The van der Waals surface area contributed by atoms with Crippen LogP contribution in [0.3, 0.4) is 0 Å². The summed E-state index contributed by atoms with van der Waals surface area (Å²) in [7, 11) is 0. The van der Waals surface area contributed by atoms with E-state index in [1.54, 1.807) is 29.3 Å². The zero-order chi connectivity index (χ0) is 13.0. The van der Waals surface area contributed by atoms with Gasteiger partial charge in [0.15, 0.2) is 5.15 Å². The second-order valence-corrected chi connectivity index (χ2v) is 4.21. The monoisotopic (exact) mass is 284 g/mol. The third-order valence-electron chi connectivity index (χ3n) is 2.18. The van der Waals surface area contributed by atoms with Crippen molar-refractivity contribution in [2.75, 3.05) is 11.2 Å². The van der Waals surface area contributed by atoms with Gasteiger partial charge in [-0.05, 0) is 12.1 Å². The van der Waals surface area contributed by atoms with Gasteiger partial charge < -0.3 is 5.32 Å². The van der Waals surface area contributed by atoms with Crippen molar-refractivity contribution < 1.29 is 4.79 Å². The average Bonchev–Trinajstić information content (AvgIpc) is 2.72. The molecule has 2 heterocycles. The molecule has 0 bridgehead atoms. The lowest BCUT2D eigenvalue weighted by atomic mass is 10.4. The van der Waals surface area contributed by atoms with Crippen molar-refractivity contribution in [2.24, 2.45) is 0 Å². The quantitative estimate of drug-likeness (QED) is 0.878. The van der Waals surface area contributed by atoms with Gasteiger partial charge in [-0.15, -0.1) is 11.6 Å². The summed E-state index contributed by atoms with van der Waals surface area (Å²) in [6.45, 7) is 0. The summed E-state index contributed by atoms with van der Waals surface area (Å²) in [5.41, 5.74) is 1.22. The van der Waals surface area contributed by atoms with Crippen molar-refractivity contribution in [3.63, 3.8) is 0 Å². The summed E-state index contributed by atoms with van der Waals surface area (Å²) in [5, 5.41) is 6.95. The standard InChI is InChI=1S/C11H10Cl2N4O/c12-4-3-10(18)15-9-7-17(16-11(9)13)8-2-1-5-14-6-8/h1-2,5-7H,3-4H2,(H,15,18). The third-order valence-corrected chi connectivity index (χ3v) is 2.64. The number of anilines is 1. The number of carbonyl (C=O) groups excluding carboxylic acids is 1. The maximum absolute atomic E-state index is 11.4. The van der Waals surface area contributed by atoms with Crippen LogP contribution in [0.4, 0.5) is 5.69 Å². The SMILES string of the molecule is O=C(CCCl)Nc1cn(-c2cccnc2)nc1Cl. The van der Waals surface area contributed by atoms with E-state index < -0.39 is 0 Å². The Morgan fingerprint density at radius 3 is 3.00 bits per heavy atom. The number of pyridine rings is 1. The van der Waals surface area contributed by atoms with Crippen LogP contribution in [0.2, 0.25) is 5.15 Å². The van der Waals surface area contributed by atoms with Crippen LogP contribution in [0.1, 0.15) is 6.42 Å². The number of nitrogens with one attached hydrogen (secondary N) is 1. The minimum atomic E-state index is -0.197. The summed E-state index contributed by atoms with van der Waals surface area (Å²) < 4.78 is 1.55. The minimum absolute atomic E-state index is 0.197. The third kappa shape index (κ3) is 3.00. The molecule has 0 aliphatic heterocycles. The van der Waals surface area contributed by atoms with Gasteiger partial charge in [-0.1, -0.05) is 11.6 Å². The number of alkyl halides is 1. The minimum Gasteiger partial charge on any atom is -0.322 e. The Kier molecular flexibility index (Phi) is 4.17. The molecule has 0 saturated carbocycles. The van der Waals surface area contributed by atoms with E-state index in [-0.39, 0.29) is 23.4 Å². The number of hydrogen-bond acceptors (Lipinski definition) is 3. The molecule has 0 aromatic carbocycles. The fourth-order valence-corrected chi connectivity index (χ4v) is 1.71. The molecular formula is C11H10Cl2N4O.